The highest BCUT2D eigenvalue weighted by Crippen LogP contribution is 2.47. The number of sulfone groups is 1. The van der Waals surface area contributed by atoms with E-state index in [1.54, 1.807) is 12.1 Å². The van der Waals surface area contributed by atoms with E-state index < -0.39 is 33.3 Å². The quantitative estimate of drug-likeness (QED) is 0.0723. The maximum atomic E-state index is 13.9. The lowest BCUT2D eigenvalue weighted by molar-refractivity contribution is -0.305. The minimum absolute atomic E-state index is 0.0311. The van der Waals surface area contributed by atoms with Crippen LogP contribution in [0.25, 0.3) is 0 Å². The van der Waals surface area contributed by atoms with Gasteiger partial charge >= 0.3 is 11.9 Å². The first kappa shape index (κ1) is 42.0. The summed E-state index contributed by atoms with van der Waals surface area (Å²) in [6, 6.07) is 21.8. The number of unbranched alkanes of at least 4 members (excludes halogenated alkanes) is 2. The number of carbonyl (C=O) groups is 3. The second kappa shape index (κ2) is 18.2. The number of ether oxygens (including phenoxy) is 4. The molecular weight excluding hydrogens is 726 g/mol. The number of rotatable bonds is 18. The number of β-lactam (4-membered cyclic amide) rings is 1. The van der Waals surface area contributed by atoms with Crippen LogP contribution in [0.1, 0.15) is 107 Å². The molecule has 0 N–H and O–H groups in total. The Morgan fingerprint density at radius 2 is 1.44 bits per heavy atom. The molecule has 1 unspecified atom stereocenters. The fourth-order valence-electron chi connectivity index (χ4n) is 7.43. The number of nitrogens with zero attached hydrogens (tertiary/aromatic N) is 1. The van der Waals surface area contributed by atoms with Gasteiger partial charge in [0.2, 0.25) is 5.91 Å². The average molecular weight is 780 g/mol. The highest BCUT2D eigenvalue weighted by Gasteiger charge is 2.48. The lowest BCUT2D eigenvalue weighted by Crippen LogP contribution is -2.55. The summed E-state index contributed by atoms with van der Waals surface area (Å²) in [5.41, 5.74) is 3.82. The Balaban J connectivity index is 1.28. The maximum absolute atomic E-state index is 13.9. The van der Waals surface area contributed by atoms with E-state index in [0.717, 1.165) is 54.5 Å². The van der Waals surface area contributed by atoms with Gasteiger partial charge in [0.05, 0.1) is 25.2 Å². The lowest BCUT2D eigenvalue weighted by Gasteiger charge is -2.48. The molecule has 0 saturated carbocycles. The van der Waals surface area contributed by atoms with Crippen LogP contribution in [-0.2, 0) is 56.0 Å². The van der Waals surface area contributed by atoms with Crippen molar-refractivity contribution in [2.24, 2.45) is 5.92 Å². The molecule has 10 nitrogen and oxygen atoms in total. The van der Waals surface area contributed by atoms with Gasteiger partial charge < -0.3 is 23.8 Å². The highest BCUT2D eigenvalue weighted by molar-refractivity contribution is 7.90. The lowest BCUT2D eigenvalue weighted by atomic mass is 9.78. The molecule has 3 aromatic rings. The van der Waals surface area contributed by atoms with Gasteiger partial charge in [-0.1, -0.05) is 48.5 Å². The Hall–Kier alpha value is -4.13. The first-order valence-corrected chi connectivity index (χ1v) is 21.2. The number of anilines is 1. The van der Waals surface area contributed by atoms with E-state index >= 15 is 0 Å². The van der Waals surface area contributed by atoms with E-state index in [1.165, 1.54) is 32.2 Å². The molecule has 12 heteroatoms. The van der Waals surface area contributed by atoms with Crippen molar-refractivity contribution < 1.29 is 46.1 Å². The SMILES string of the molecule is CC(=O)O[C@@H](CCC1C(=O)N(c2ccc(CCCCS(C)(=O)=O)cc2)[C@@H]1c1ccc(CCCCC2(OC(C)=O)COC(C)(C)OC2)cc1)c1ccc(F)cc1. The van der Waals surface area contributed by atoms with Gasteiger partial charge in [0.25, 0.3) is 0 Å². The monoisotopic (exact) mass is 779 g/mol. The van der Waals surface area contributed by atoms with Gasteiger partial charge in [-0.3, -0.25) is 14.4 Å². The third-order valence-electron chi connectivity index (χ3n) is 10.3. The Morgan fingerprint density at radius 3 is 2.00 bits per heavy atom. The summed E-state index contributed by atoms with van der Waals surface area (Å²) in [4.78, 5) is 39.6. The molecule has 0 radical (unpaired) electrons. The summed E-state index contributed by atoms with van der Waals surface area (Å²) in [7, 11) is -3.00. The standard InChI is InChI=1S/C43H54FNO9S/c1-30(46)53-39(34-18-20-36(44)21-19-34)25-24-38-40(45(41(38)48)37-22-14-33(15-23-37)11-7-9-27-55(5,49)50)35-16-12-32(13-17-35)10-6-8-26-43(54-31(2)47)28-51-42(3,4)52-29-43/h12-23,38-40H,6-11,24-29H2,1-5H3/t38?,39-,40+/m0/s1. The predicted molar refractivity (Wildman–Crippen MR) is 207 cm³/mol. The molecular formula is C43H54FNO9S. The van der Waals surface area contributed by atoms with E-state index in [2.05, 4.69) is 24.3 Å². The average Bonchev–Trinajstić information content (AvgIpc) is 3.12. The summed E-state index contributed by atoms with van der Waals surface area (Å²) in [6.07, 6.45) is 6.64. The third-order valence-corrected chi connectivity index (χ3v) is 11.4. The van der Waals surface area contributed by atoms with Crippen molar-refractivity contribution in [1.82, 2.24) is 0 Å². The summed E-state index contributed by atoms with van der Waals surface area (Å²) in [5.74, 6) is -2.16. The van der Waals surface area contributed by atoms with Crippen LogP contribution in [0.3, 0.4) is 0 Å². The second-order valence-corrected chi connectivity index (χ2v) is 17.7. The van der Waals surface area contributed by atoms with Crippen LogP contribution in [0.4, 0.5) is 10.1 Å². The van der Waals surface area contributed by atoms with Gasteiger partial charge in [-0.15, -0.1) is 0 Å². The van der Waals surface area contributed by atoms with Crippen molar-refractivity contribution in [3.63, 3.8) is 0 Å². The number of benzene rings is 3. The number of hydrogen-bond donors (Lipinski definition) is 0. The van der Waals surface area contributed by atoms with Crippen molar-refractivity contribution in [3.05, 3.63) is 101 Å². The van der Waals surface area contributed by atoms with Gasteiger partial charge in [0.1, 0.15) is 21.8 Å². The zero-order valence-corrected chi connectivity index (χ0v) is 33.4. The zero-order valence-electron chi connectivity index (χ0n) is 32.6. The molecule has 2 fully saturated rings. The van der Waals surface area contributed by atoms with Gasteiger partial charge in [0, 0.05) is 31.5 Å². The van der Waals surface area contributed by atoms with Crippen molar-refractivity contribution >= 4 is 33.4 Å². The van der Waals surface area contributed by atoms with Crippen molar-refractivity contribution in [3.8, 4) is 0 Å². The van der Waals surface area contributed by atoms with Crippen molar-refractivity contribution in [2.45, 2.75) is 109 Å². The molecule has 2 heterocycles. The van der Waals surface area contributed by atoms with Crippen LogP contribution in [0.15, 0.2) is 72.8 Å². The number of hydrogen-bond acceptors (Lipinski definition) is 9. The van der Waals surface area contributed by atoms with Crippen LogP contribution >= 0.6 is 0 Å². The molecule has 3 atom stereocenters. The van der Waals surface area contributed by atoms with Crippen molar-refractivity contribution in [1.29, 1.82) is 0 Å². The first-order chi connectivity index (χ1) is 26.0. The van der Waals surface area contributed by atoms with E-state index in [-0.39, 0.29) is 48.6 Å². The Kier molecular flexibility index (Phi) is 13.9. The number of carbonyl (C=O) groups excluding carboxylic acids is 3. The van der Waals surface area contributed by atoms with Crippen LogP contribution in [0, 0.1) is 11.7 Å². The molecule has 0 spiro atoms. The summed E-state index contributed by atoms with van der Waals surface area (Å²) in [6.45, 7) is 6.99. The normalized spacial score (nSPS) is 19.7. The molecule has 5 rings (SSSR count). The Morgan fingerprint density at radius 1 is 0.855 bits per heavy atom. The van der Waals surface area contributed by atoms with E-state index in [0.29, 0.717) is 31.2 Å². The Labute approximate surface area is 324 Å². The predicted octanol–water partition coefficient (Wildman–Crippen LogP) is 7.78. The van der Waals surface area contributed by atoms with E-state index in [1.807, 2.05) is 43.0 Å². The van der Waals surface area contributed by atoms with Gasteiger partial charge in [-0.2, -0.15) is 0 Å². The minimum Gasteiger partial charge on any atom is -0.458 e. The molecule has 2 aliphatic rings. The smallest absolute Gasteiger partial charge is 0.303 e. The van der Waals surface area contributed by atoms with Crippen molar-refractivity contribution in [2.75, 3.05) is 30.1 Å². The molecule has 55 heavy (non-hydrogen) atoms. The molecule has 2 saturated heterocycles. The first-order valence-electron chi connectivity index (χ1n) is 19.1. The molecule has 298 valence electrons. The number of halogens is 1. The van der Waals surface area contributed by atoms with Crippen LogP contribution in [0.2, 0.25) is 0 Å². The molecule has 0 aliphatic carbocycles. The number of esters is 2. The van der Waals surface area contributed by atoms with Crippen LogP contribution < -0.4 is 4.90 Å². The number of aryl methyl sites for hydroxylation is 2. The van der Waals surface area contributed by atoms with Gasteiger partial charge in [-0.25, -0.2) is 12.8 Å². The van der Waals surface area contributed by atoms with Crippen LogP contribution in [0.5, 0.6) is 0 Å². The molecule has 3 aromatic carbocycles. The zero-order chi connectivity index (χ0) is 39.8. The largest absolute Gasteiger partial charge is 0.458 e. The molecule has 0 bridgehead atoms. The molecule has 2 aliphatic heterocycles. The van der Waals surface area contributed by atoms with E-state index in [4.69, 9.17) is 18.9 Å². The topological polar surface area (TPSA) is 126 Å². The van der Waals surface area contributed by atoms with Gasteiger partial charge in [0.15, 0.2) is 11.4 Å². The second-order valence-electron chi connectivity index (χ2n) is 15.4. The van der Waals surface area contributed by atoms with Gasteiger partial charge in [-0.05, 0) is 118 Å². The molecule has 0 aromatic heterocycles. The fraction of sp³-hybridized carbons (Fsp3) is 0.512. The van der Waals surface area contributed by atoms with E-state index in [9.17, 15) is 27.2 Å². The van der Waals surface area contributed by atoms with Crippen LogP contribution in [-0.4, -0.2) is 62.9 Å². The molecule has 1 amide bonds. The fourth-order valence-corrected chi connectivity index (χ4v) is 8.16. The number of amides is 1. The summed E-state index contributed by atoms with van der Waals surface area (Å²) >= 11 is 0. The Bertz CT molecular complexity index is 1870. The highest BCUT2D eigenvalue weighted by atomic mass is 32.2. The summed E-state index contributed by atoms with van der Waals surface area (Å²) < 4.78 is 59.7. The summed E-state index contributed by atoms with van der Waals surface area (Å²) in [5, 5.41) is 0. The third kappa shape index (κ3) is 11.9. The minimum atomic E-state index is -3.00. The maximum Gasteiger partial charge on any atom is 0.303 e.